The van der Waals surface area contributed by atoms with Gasteiger partial charge in [-0.2, -0.15) is 0 Å². The second-order valence-corrected chi connectivity index (χ2v) is 6.82. The molecule has 0 spiro atoms. The van der Waals surface area contributed by atoms with E-state index in [-0.39, 0.29) is 24.0 Å². The summed E-state index contributed by atoms with van der Waals surface area (Å²) in [5, 5.41) is 3.40. The highest BCUT2D eigenvalue weighted by atomic mass is 127. The molecule has 7 heteroatoms. The van der Waals surface area contributed by atoms with E-state index in [2.05, 4.69) is 26.3 Å². The fourth-order valence-electron chi connectivity index (χ4n) is 3.07. The number of hydrogen-bond donors (Lipinski definition) is 1. The zero-order chi connectivity index (χ0) is 21.2. The monoisotopic (exact) mass is 532 g/mol. The molecule has 0 saturated carbocycles. The number of methoxy groups -OCH3 is 1. The normalized spacial score (nSPS) is 10.7. The fraction of sp³-hybridized carbons (Fsp3) is 0.250. The Hall–Kier alpha value is -2.81. The predicted octanol–water partition coefficient (Wildman–Crippen LogP) is 4.49. The summed E-state index contributed by atoms with van der Waals surface area (Å²) in [6, 6.07) is 21.9. The smallest absolute Gasteiger partial charge is 0.193 e. The number of nitrogens with one attached hydrogen (secondary N) is 1. The number of para-hydroxylation sites is 1. The summed E-state index contributed by atoms with van der Waals surface area (Å²) in [6.45, 7) is 1.83. The van der Waals surface area contributed by atoms with Crippen LogP contribution in [-0.4, -0.2) is 37.0 Å². The largest absolute Gasteiger partial charge is 0.496 e. The molecule has 31 heavy (non-hydrogen) atoms. The molecule has 164 valence electrons. The zero-order valence-electron chi connectivity index (χ0n) is 18.1. The minimum Gasteiger partial charge on any atom is -0.496 e. The Morgan fingerprint density at radius 1 is 1.03 bits per heavy atom. The Morgan fingerprint density at radius 3 is 2.45 bits per heavy atom. The van der Waals surface area contributed by atoms with E-state index in [1.165, 1.54) is 0 Å². The molecule has 0 aliphatic heterocycles. The number of nitrogens with zero attached hydrogens (tertiary/aromatic N) is 3. The Balaban J connectivity index is 0.00000341. The third kappa shape index (κ3) is 7.43. The van der Waals surface area contributed by atoms with Gasteiger partial charge in [0.15, 0.2) is 5.96 Å². The van der Waals surface area contributed by atoms with Crippen LogP contribution < -0.4 is 14.8 Å². The average molecular weight is 532 g/mol. The summed E-state index contributed by atoms with van der Waals surface area (Å²) >= 11 is 0. The lowest BCUT2D eigenvalue weighted by Crippen LogP contribution is -2.38. The van der Waals surface area contributed by atoms with Crippen molar-refractivity contribution < 1.29 is 9.47 Å². The van der Waals surface area contributed by atoms with Gasteiger partial charge in [0.2, 0.25) is 0 Å². The molecule has 0 unspecified atom stereocenters. The van der Waals surface area contributed by atoms with Crippen molar-refractivity contribution in [1.29, 1.82) is 0 Å². The molecule has 1 heterocycles. The van der Waals surface area contributed by atoms with Gasteiger partial charge in [-0.25, -0.2) is 0 Å². The standard InChI is InChI=1S/C24H28N4O2.HI/c1-25-24(28(2)17-20-8-4-5-10-23(20)29-3)27-16-19-11-13-22(14-12-19)30-18-21-9-6-7-15-26-21;/h4-15H,16-18H2,1-3H3,(H,25,27);1H. The van der Waals surface area contributed by atoms with Crippen molar-refractivity contribution in [2.75, 3.05) is 21.2 Å². The first-order chi connectivity index (χ1) is 14.7. The topological polar surface area (TPSA) is 59.0 Å². The van der Waals surface area contributed by atoms with Crippen molar-refractivity contribution >= 4 is 29.9 Å². The van der Waals surface area contributed by atoms with E-state index in [0.29, 0.717) is 19.7 Å². The Bertz CT molecular complexity index is 949. The van der Waals surface area contributed by atoms with E-state index in [9.17, 15) is 0 Å². The molecule has 0 bridgehead atoms. The molecular formula is C24H29IN4O2. The minimum absolute atomic E-state index is 0. The third-order valence-corrected chi connectivity index (χ3v) is 4.66. The van der Waals surface area contributed by atoms with Gasteiger partial charge in [-0.15, -0.1) is 24.0 Å². The Morgan fingerprint density at radius 2 is 1.77 bits per heavy atom. The molecule has 2 aromatic carbocycles. The molecule has 0 amide bonds. The van der Waals surface area contributed by atoms with Crippen LogP contribution in [0.2, 0.25) is 0 Å². The van der Waals surface area contributed by atoms with E-state index in [1.807, 2.05) is 67.7 Å². The lowest BCUT2D eigenvalue weighted by molar-refractivity contribution is 0.301. The summed E-state index contributed by atoms with van der Waals surface area (Å²) in [7, 11) is 5.49. The Kier molecular flexibility index (Phi) is 10.1. The maximum atomic E-state index is 5.79. The second-order valence-electron chi connectivity index (χ2n) is 6.82. The molecule has 0 atom stereocenters. The van der Waals surface area contributed by atoms with Gasteiger partial charge in [0.1, 0.15) is 18.1 Å². The van der Waals surface area contributed by atoms with Gasteiger partial charge in [0, 0.05) is 38.9 Å². The number of hydrogen-bond acceptors (Lipinski definition) is 4. The maximum Gasteiger partial charge on any atom is 0.193 e. The van der Waals surface area contributed by atoms with Gasteiger partial charge >= 0.3 is 0 Å². The van der Waals surface area contributed by atoms with Crippen molar-refractivity contribution in [1.82, 2.24) is 15.2 Å². The summed E-state index contributed by atoms with van der Waals surface area (Å²) in [5.74, 6) is 2.51. The van der Waals surface area contributed by atoms with E-state index in [4.69, 9.17) is 9.47 Å². The molecule has 1 N–H and O–H groups in total. The zero-order valence-corrected chi connectivity index (χ0v) is 20.4. The first-order valence-corrected chi connectivity index (χ1v) is 9.85. The first-order valence-electron chi connectivity index (χ1n) is 9.85. The highest BCUT2D eigenvalue weighted by molar-refractivity contribution is 14.0. The summed E-state index contributed by atoms with van der Waals surface area (Å²) in [6.07, 6.45) is 1.77. The van der Waals surface area contributed by atoms with Gasteiger partial charge < -0.3 is 19.7 Å². The summed E-state index contributed by atoms with van der Waals surface area (Å²) < 4.78 is 11.2. The predicted molar refractivity (Wildman–Crippen MR) is 135 cm³/mol. The SMILES string of the molecule is CN=C(NCc1ccc(OCc2ccccn2)cc1)N(C)Cc1ccccc1OC.I. The van der Waals surface area contributed by atoms with Crippen LogP contribution >= 0.6 is 24.0 Å². The third-order valence-electron chi connectivity index (χ3n) is 4.66. The van der Waals surface area contributed by atoms with Crippen LogP contribution in [0.3, 0.4) is 0 Å². The maximum absolute atomic E-state index is 5.79. The number of benzene rings is 2. The van der Waals surface area contributed by atoms with Crippen LogP contribution in [0.1, 0.15) is 16.8 Å². The number of halogens is 1. The summed E-state index contributed by atoms with van der Waals surface area (Å²) in [4.78, 5) is 10.7. The van der Waals surface area contributed by atoms with E-state index >= 15 is 0 Å². The van der Waals surface area contributed by atoms with Crippen LogP contribution in [-0.2, 0) is 19.7 Å². The second kappa shape index (κ2) is 12.8. The highest BCUT2D eigenvalue weighted by Gasteiger charge is 2.10. The van der Waals surface area contributed by atoms with Crippen molar-refractivity contribution in [3.8, 4) is 11.5 Å². The quantitative estimate of drug-likeness (QED) is 0.263. The van der Waals surface area contributed by atoms with Crippen molar-refractivity contribution in [3.63, 3.8) is 0 Å². The molecule has 6 nitrogen and oxygen atoms in total. The van der Waals surface area contributed by atoms with Crippen LogP contribution in [0.15, 0.2) is 77.9 Å². The van der Waals surface area contributed by atoms with Crippen LogP contribution in [0.5, 0.6) is 11.5 Å². The molecule has 3 rings (SSSR count). The van der Waals surface area contributed by atoms with Crippen LogP contribution in [0, 0.1) is 0 Å². The van der Waals surface area contributed by atoms with Crippen molar-refractivity contribution in [2.24, 2.45) is 4.99 Å². The minimum atomic E-state index is 0. The first kappa shape index (κ1) is 24.5. The lowest BCUT2D eigenvalue weighted by Gasteiger charge is -2.23. The lowest BCUT2D eigenvalue weighted by atomic mass is 10.2. The van der Waals surface area contributed by atoms with Gasteiger partial charge in [-0.05, 0) is 35.9 Å². The molecule has 0 fully saturated rings. The van der Waals surface area contributed by atoms with Crippen molar-refractivity contribution in [3.05, 3.63) is 89.7 Å². The van der Waals surface area contributed by atoms with Gasteiger partial charge in [0.05, 0.1) is 12.8 Å². The molecule has 3 aromatic rings. The number of ether oxygens (including phenoxy) is 2. The average Bonchev–Trinajstić information content (AvgIpc) is 2.80. The Labute approximate surface area is 201 Å². The number of aromatic nitrogens is 1. The number of rotatable bonds is 8. The van der Waals surface area contributed by atoms with Gasteiger partial charge in [-0.1, -0.05) is 36.4 Å². The van der Waals surface area contributed by atoms with E-state index in [0.717, 1.165) is 34.3 Å². The number of pyridine rings is 1. The number of aliphatic imine (C=N–C) groups is 1. The highest BCUT2D eigenvalue weighted by Crippen LogP contribution is 2.19. The van der Waals surface area contributed by atoms with Crippen LogP contribution in [0.4, 0.5) is 0 Å². The fourth-order valence-corrected chi connectivity index (χ4v) is 3.07. The number of guanidine groups is 1. The molecule has 0 aliphatic rings. The molecule has 0 aliphatic carbocycles. The van der Waals surface area contributed by atoms with Gasteiger partial charge in [-0.3, -0.25) is 9.98 Å². The van der Waals surface area contributed by atoms with Crippen LogP contribution in [0.25, 0.3) is 0 Å². The van der Waals surface area contributed by atoms with Crippen molar-refractivity contribution in [2.45, 2.75) is 19.7 Å². The van der Waals surface area contributed by atoms with Gasteiger partial charge in [0.25, 0.3) is 0 Å². The van der Waals surface area contributed by atoms with E-state index in [1.54, 1.807) is 20.4 Å². The molecule has 0 saturated heterocycles. The summed E-state index contributed by atoms with van der Waals surface area (Å²) in [5.41, 5.74) is 3.16. The molecular weight excluding hydrogens is 503 g/mol. The molecule has 1 aromatic heterocycles. The van der Waals surface area contributed by atoms with E-state index < -0.39 is 0 Å². The molecule has 0 radical (unpaired) electrons.